The van der Waals surface area contributed by atoms with E-state index < -0.39 is 0 Å². The molecule has 1 heterocycles. The molecule has 2 amide bonds. The van der Waals surface area contributed by atoms with Crippen LogP contribution in [0.4, 0.5) is 5.69 Å². The maximum absolute atomic E-state index is 12.3. The van der Waals surface area contributed by atoms with Crippen molar-refractivity contribution < 1.29 is 9.59 Å². The summed E-state index contributed by atoms with van der Waals surface area (Å²) < 4.78 is 0.878. The molecule has 120 valence electrons. The molecule has 2 rings (SSSR count). The van der Waals surface area contributed by atoms with Crippen LogP contribution in [0.1, 0.15) is 19.3 Å². The molecule has 1 saturated heterocycles. The highest BCUT2D eigenvalue weighted by Gasteiger charge is 2.27. The minimum atomic E-state index is -0.0274. The maximum Gasteiger partial charge on any atom is 0.227 e. The standard InChI is InChI=1S/C16H22BrN3O2/c1-18-9-6-15(21)20-10-7-12(8-11-20)16(22)19-14-5-3-2-4-13(14)17/h2-5,12,18H,6-11H2,1H3,(H,19,22). The highest BCUT2D eigenvalue weighted by Crippen LogP contribution is 2.24. The fraction of sp³-hybridized carbons (Fsp3) is 0.500. The van der Waals surface area contributed by atoms with Crippen LogP contribution in [0.5, 0.6) is 0 Å². The first-order chi connectivity index (χ1) is 10.6. The van der Waals surface area contributed by atoms with Crippen molar-refractivity contribution in [2.24, 2.45) is 5.92 Å². The average molecular weight is 368 g/mol. The van der Waals surface area contributed by atoms with E-state index in [0.29, 0.717) is 26.1 Å². The van der Waals surface area contributed by atoms with E-state index in [1.54, 1.807) is 0 Å². The minimum absolute atomic E-state index is 0.0274. The van der Waals surface area contributed by atoms with Crippen LogP contribution < -0.4 is 10.6 Å². The number of para-hydroxylation sites is 1. The Hall–Kier alpha value is -1.40. The molecule has 0 atom stereocenters. The van der Waals surface area contributed by atoms with Crippen LogP contribution in [0, 0.1) is 5.92 Å². The number of amides is 2. The Kier molecular flexibility index (Phi) is 6.39. The second-order valence-electron chi connectivity index (χ2n) is 5.48. The largest absolute Gasteiger partial charge is 0.343 e. The molecule has 2 N–H and O–H groups in total. The van der Waals surface area contributed by atoms with Crippen LogP contribution in [-0.4, -0.2) is 43.4 Å². The fourth-order valence-electron chi connectivity index (χ4n) is 2.58. The predicted octanol–water partition coefficient (Wildman–Crippen LogP) is 2.24. The molecule has 1 aliphatic rings. The van der Waals surface area contributed by atoms with E-state index in [0.717, 1.165) is 23.0 Å². The minimum Gasteiger partial charge on any atom is -0.343 e. The molecule has 0 bridgehead atoms. The van der Waals surface area contributed by atoms with Crippen molar-refractivity contribution in [3.8, 4) is 0 Å². The summed E-state index contributed by atoms with van der Waals surface area (Å²) in [7, 11) is 1.84. The lowest BCUT2D eigenvalue weighted by Crippen LogP contribution is -2.42. The summed E-state index contributed by atoms with van der Waals surface area (Å²) in [6.07, 6.45) is 1.97. The third-order valence-corrected chi connectivity index (χ3v) is 4.63. The number of benzene rings is 1. The number of likely N-dealkylation sites (tertiary alicyclic amines) is 1. The lowest BCUT2D eigenvalue weighted by molar-refractivity contribution is -0.134. The Labute approximate surface area is 139 Å². The zero-order valence-corrected chi connectivity index (χ0v) is 14.4. The molecular weight excluding hydrogens is 346 g/mol. The van der Waals surface area contributed by atoms with Gasteiger partial charge in [-0.15, -0.1) is 0 Å². The topological polar surface area (TPSA) is 61.4 Å². The van der Waals surface area contributed by atoms with Gasteiger partial charge in [0.1, 0.15) is 0 Å². The molecule has 0 radical (unpaired) electrons. The summed E-state index contributed by atoms with van der Waals surface area (Å²) in [5.74, 6) is 0.175. The van der Waals surface area contributed by atoms with Crippen LogP contribution >= 0.6 is 15.9 Å². The Morgan fingerprint density at radius 2 is 1.95 bits per heavy atom. The highest BCUT2D eigenvalue weighted by atomic mass is 79.9. The summed E-state index contributed by atoms with van der Waals surface area (Å²) in [5.41, 5.74) is 0.792. The summed E-state index contributed by atoms with van der Waals surface area (Å²) in [5, 5.41) is 5.94. The summed E-state index contributed by atoms with van der Waals surface area (Å²) in [4.78, 5) is 26.1. The Morgan fingerprint density at radius 3 is 2.59 bits per heavy atom. The summed E-state index contributed by atoms with van der Waals surface area (Å²) in [6, 6.07) is 7.58. The van der Waals surface area contributed by atoms with Gasteiger partial charge in [-0.25, -0.2) is 0 Å². The van der Waals surface area contributed by atoms with E-state index in [-0.39, 0.29) is 17.7 Å². The normalized spacial score (nSPS) is 15.6. The lowest BCUT2D eigenvalue weighted by Gasteiger charge is -2.31. The number of piperidine rings is 1. The molecule has 1 aromatic carbocycles. The zero-order valence-electron chi connectivity index (χ0n) is 12.8. The number of nitrogens with zero attached hydrogens (tertiary/aromatic N) is 1. The van der Waals surface area contributed by atoms with E-state index in [9.17, 15) is 9.59 Å². The molecule has 1 aliphatic heterocycles. The smallest absolute Gasteiger partial charge is 0.227 e. The maximum atomic E-state index is 12.3. The van der Waals surface area contributed by atoms with Gasteiger partial charge < -0.3 is 15.5 Å². The zero-order chi connectivity index (χ0) is 15.9. The van der Waals surface area contributed by atoms with Gasteiger partial charge in [-0.2, -0.15) is 0 Å². The van der Waals surface area contributed by atoms with E-state index in [2.05, 4.69) is 26.6 Å². The van der Waals surface area contributed by atoms with Gasteiger partial charge in [0, 0.05) is 36.4 Å². The van der Waals surface area contributed by atoms with Gasteiger partial charge in [0.2, 0.25) is 11.8 Å². The van der Waals surface area contributed by atoms with Crippen LogP contribution in [-0.2, 0) is 9.59 Å². The Balaban J connectivity index is 1.82. The van der Waals surface area contributed by atoms with Crippen LogP contribution in [0.2, 0.25) is 0 Å². The first kappa shape index (κ1) is 17.0. The Morgan fingerprint density at radius 1 is 1.27 bits per heavy atom. The van der Waals surface area contributed by atoms with E-state index in [1.807, 2.05) is 36.2 Å². The number of nitrogens with one attached hydrogen (secondary N) is 2. The van der Waals surface area contributed by atoms with Gasteiger partial charge in [0.15, 0.2) is 0 Å². The third kappa shape index (κ3) is 4.55. The SMILES string of the molecule is CNCCC(=O)N1CCC(C(=O)Nc2ccccc2Br)CC1. The fourth-order valence-corrected chi connectivity index (χ4v) is 2.96. The Bertz CT molecular complexity index is 528. The number of carbonyl (C=O) groups excluding carboxylic acids is 2. The number of anilines is 1. The van der Waals surface area contributed by atoms with Crippen molar-refractivity contribution in [2.75, 3.05) is 32.0 Å². The van der Waals surface area contributed by atoms with Gasteiger partial charge in [0.05, 0.1) is 5.69 Å². The molecule has 5 nitrogen and oxygen atoms in total. The number of halogens is 1. The predicted molar refractivity (Wildman–Crippen MR) is 90.6 cm³/mol. The lowest BCUT2D eigenvalue weighted by atomic mass is 9.95. The van der Waals surface area contributed by atoms with Crippen LogP contribution in [0.25, 0.3) is 0 Å². The van der Waals surface area contributed by atoms with Gasteiger partial charge >= 0.3 is 0 Å². The van der Waals surface area contributed by atoms with Crippen molar-refractivity contribution in [1.82, 2.24) is 10.2 Å². The second kappa shape index (κ2) is 8.29. The molecule has 22 heavy (non-hydrogen) atoms. The molecule has 6 heteroatoms. The molecule has 0 unspecified atom stereocenters. The molecule has 0 aliphatic carbocycles. The molecule has 0 spiro atoms. The van der Waals surface area contributed by atoms with Gasteiger partial charge in [-0.3, -0.25) is 9.59 Å². The van der Waals surface area contributed by atoms with Crippen molar-refractivity contribution in [3.63, 3.8) is 0 Å². The molecule has 0 saturated carbocycles. The molecule has 1 fully saturated rings. The monoisotopic (exact) mass is 367 g/mol. The second-order valence-corrected chi connectivity index (χ2v) is 6.33. The highest BCUT2D eigenvalue weighted by molar-refractivity contribution is 9.10. The summed E-state index contributed by atoms with van der Waals surface area (Å²) >= 11 is 3.43. The van der Waals surface area contributed by atoms with Crippen molar-refractivity contribution >= 4 is 33.4 Å². The van der Waals surface area contributed by atoms with Gasteiger partial charge in [-0.1, -0.05) is 12.1 Å². The van der Waals surface area contributed by atoms with Crippen LogP contribution in [0.15, 0.2) is 28.7 Å². The first-order valence-electron chi connectivity index (χ1n) is 7.59. The van der Waals surface area contributed by atoms with Crippen LogP contribution in [0.3, 0.4) is 0 Å². The molecule has 1 aromatic rings. The number of hydrogen-bond donors (Lipinski definition) is 2. The van der Waals surface area contributed by atoms with E-state index in [4.69, 9.17) is 0 Å². The number of hydrogen-bond acceptors (Lipinski definition) is 3. The van der Waals surface area contributed by atoms with Crippen molar-refractivity contribution in [3.05, 3.63) is 28.7 Å². The van der Waals surface area contributed by atoms with E-state index >= 15 is 0 Å². The number of carbonyl (C=O) groups is 2. The third-order valence-electron chi connectivity index (χ3n) is 3.94. The van der Waals surface area contributed by atoms with E-state index in [1.165, 1.54) is 0 Å². The first-order valence-corrected chi connectivity index (χ1v) is 8.39. The van der Waals surface area contributed by atoms with Gasteiger partial charge in [-0.05, 0) is 48.0 Å². The molecule has 0 aromatic heterocycles. The average Bonchev–Trinajstić information content (AvgIpc) is 2.55. The number of rotatable bonds is 5. The van der Waals surface area contributed by atoms with Crippen molar-refractivity contribution in [1.29, 1.82) is 0 Å². The molecular formula is C16H22BrN3O2. The quantitative estimate of drug-likeness (QED) is 0.838. The van der Waals surface area contributed by atoms with Gasteiger partial charge in [0.25, 0.3) is 0 Å². The summed E-state index contributed by atoms with van der Waals surface area (Å²) in [6.45, 7) is 2.02. The van der Waals surface area contributed by atoms with Crippen molar-refractivity contribution in [2.45, 2.75) is 19.3 Å².